The molecule has 0 atom stereocenters. The molecule has 1 aliphatic heterocycles. The minimum absolute atomic E-state index is 0.348. The van der Waals surface area contributed by atoms with Crippen molar-refractivity contribution in [1.82, 2.24) is 20.0 Å². The number of nitrogens with zero attached hydrogens (tertiary/aromatic N) is 5. The maximum atomic E-state index is 10.1. The fraction of sp³-hybridized carbons (Fsp3) is 0.524. The van der Waals surface area contributed by atoms with E-state index in [0.717, 1.165) is 69.6 Å². The van der Waals surface area contributed by atoms with Crippen LogP contribution >= 0.6 is 0 Å². The Morgan fingerprint density at radius 1 is 1.18 bits per heavy atom. The van der Waals surface area contributed by atoms with Gasteiger partial charge in [-0.3, -0.25) is 9.67 Å². The highest BCUT2D eigenvalue weighted by Gasteiger charge is 2.21. The summed E-state index contributed by atoms with van der Waals surface area (Å²) in [5.41, 5.74) is 3.18. The van der Waals surface area contributed by atoms with Crippen LogP contribution < -0.4 is 10.2 Å². The van der Waals surface area contributed by atoms with Crippen molar-refractivity contribution < 1.29 is 5.11 Å². The molecule has 0 radical (unpaired) electrons. The van der Waals surface area contributed by atoms with Crippen molar-refractivity contribution in [3.8, 4) is 5.75 Å². The van der Waals surface area contributed by atoms with Gasteiger partial charge in [-0.15, -0.1) is 0 Å². The van der Waals surface area contributed by atoms with E-state index in [1.54, 1.807) is 6.07 Å². The highest BCUT2D eigenvalue weighted by atomic mass is 16.3. The Bertz CT molecular complexity index is 792. The predicted molar refractivity (Wildman–Crippen MR) is 114 cm³/mol. The third-order valence-corrected chi connectivity index (χ3v) is 5.03. The molecule has 2 heterocycles. The lowest BCUT2D eigenvalue weighted by atomic mass is 10.2. The molecule has 1 saturated heterocycles. The zero-order valence-electron chi connectivity index (χ0n) is 17.2. The molecule has 0 unspecified atom stereocenters. The van der Waals surface area contributed by atoms with Crippen molar-refractivity contribution in [3.05, 3.63) is 41.7 Å². The Balaban J connectivity index is 1.53. The predicted octanol–water partition coefficient (Wildman–Crippen LogP) is 2.38. The zero-order chi connectivity index (χ0) is 19.9. The highest BCUT2D eigenvalue weighted by Crippen LogP contribution is 2.27. The van der Waals surface area contributed by atoms with Gasteiger partial charge in [0, 0.05) is 51.5 Å². The van der Waals surface area contributed by atoms with Crippen LogP contribution in [-0.2, 0) is 6.54 Å². The van der Waals surface area contributed by atoms with Gasteiger partial charge >= 0.3 is 0 Å². The van der Waals surface area contributed by atoms with Crippen LogP contribution in [0.3, 0.4) is 0 Å². The van der Waals surface area contributed by atoms with Crippen molar-refractivity contribution in [2.24, 2.45) is 4.99 Å². The van der Waals surface area contributed by atoms with E-state index in [9.17, 15) is 5.11 Å². The van der Waals surface area contributed by atoms with E-state index in [-0.39, 0.29) is 0 Å². The monoisotopic (exact) mass is 384 g/mol. The number of aromatic hydroxyl groups is 1. The van der Waals surface area contributed by atoms with E-state index in [4.69, 9.17) is 4.99 Å². The molecule has 28 heavy (non-hydrogen) atoms. The van der Waals surface area contributed by atoms with E-state index in [1.165, 1.54) is 5.69 Å². The smallest absolute Gasteiger partial charge is 0.194 e. The molecule has 0 amide bonds. The SMILES string of the molecule is CCNC(=NCCCn1nc(C)cc1C)N1CCN(c2ccccc2O)CC1. The summed E-state index contributed by atoms with van der Waals surface area (Å²) in [7, 11) is 0. The number of aromatic nitrogens is 2. The number of guanidine groups is 1. The number of aliphatic imine (C=N–C) groups is 1. The van der Waals surface area contributed by atoms with Crippen molar-refractivity contribution in [2.45, 2.75) is 33.7 Å². The van der Waals surface area contributed by atoms with Gasteiger partial charge < -0.3 is 20.2 Å². The average molecular weight is 385 g/mol. The van der Waals surface area contributed by atoms with Gasteiger partial charge in [-0.05, 0) is 45.4 Å². The summed E-state index contributed by atoms with van der Waals surface area (Å²) in [4.78, 5) is 9.37. The first kappa shape index (κ1) is 20.0. The van der Waals surface area contributed by atoms with E-state index in [2.05, 4.69) is 44.8 Å². The second-order valence-corrected chi connectivity index (χ2v) is 7.20. The van der Waals surface area contributed by atoms with Gasteiger partial charge in [-0.25, -0.2) is 0 Å². The molecule has 0 saturated carbocycles. The Hall–Kier alpha value is -2.70. The Labute approximate surface area is 167 Å². The zero-order valence-corrected chi connectivity index (χ0v) is 17.2. The topological polar surface area (TPSA) is 68.9 Å². The van der Waals surface area contributed by atoms with Crippen molar-refractivity contribution in [1.29, 1.82) is 0 Å². The number of hydrogen-bond acceptors (Lipinski definition) is 4. The molecule has 152 valence electrons. The third-order valence-electron chi connectivity index (χ3n) is 5.03. The van der Waals surface area contributed by atoms with Gasteiger partial charge in [0.05, 0.1) is 11.4 Å². The van der Waals surface area contributed by atoms with E-state index in [1.807, 2.05) is 25.1 Å². The van der Waals surface area contributed by atoms with Crippen LogP contribution in [0.1, 0.15) is 24.7 Å². The van der Waals surface area contributed by atoms with Crippen molar-refractivity contribution in [3.63, 3.8) is 0 Å². The second kappa shape index (κ2) is 9.48. The third kappa shape index (κ3) is 4.97. The molecule has 1 aliphatic rings. The fourth-order valence-corrected chi connectivity index (χ4v) is 3.62. The average Bonchev–Trinajstić information content (AvgIpc) is 3.02. The number of piperazine rings is 1. The molecule has 0 spiro atoms. The Morgan fingerprint density at radius 2 is 1.93 bits per heavy atom. The second-order valence-electron chi connectivity index (χ2n) is 7.20. The molecule has 0 aliphatic carbocycles. The van der Waals surface area contributed by atoms with Crippen molar-refractivity contribution >= 4 is 11.6 Å². The van der Waals surface area contributed by atoms with Gasteiger partial charge in [0.15, 0.2) is 5.96 Å². The molecular formula is C21H32N6O. The first-order valence-corrected chi connectivity index (χ1v) is 10.2. The number of phenolic OH excluding ortho intramolecular Hbond substituents is 1. The first-order chi connectivity index (χ1) is 13.6. The largest absolute Gasteiger partial charge is 0.506 e. The van der Waals surface area contributed by atoms with Crippen LogP contribution in [0.4, 0.5) is 5.69 Å². The lowest BCUT2D eigenvalue weighted by Gasteiger charge is -2.37. The number of hydrogen-bond donors (Lipinski definition) is 2. The van der Waals surface area contributed by atoms with Gasteiger partial charge in [-0.1, -0.05) is 12.1 Å². The quantitative estimate of drug-likeness (QED) is 0.455. The molecule has 7 nitrogen and oxygen atoms in total. The van der Waals surface area contributed by atoms with Gasteiger partial charge in [0.2, 0.25) is 0 Å². The van der Waals surface area contributed by atoms with Gasteiger partial charge in [0.25, 0.3) is 0 Å². The number of phenols is 1. The molecule has 7 heteroatoms. The molecule has 2 N–H and O–H groups in total. The molecule has 2 aromatic rings. The van der Waals surface area contributed by atoms with Crippen LogP contribution in [0.2, 0.25) is 0 Å². The maximum Gasteiger partial charge on any atom is 0.194 e. The molecule has 0 bridgehead atoms. The lowest BCUT2D eigenvalue weighted by Crippen LogP contribution is -2.52. The van der Waals surface area contributed by atoms with E-state index < -0.39 is 0 Å². The molecule has 1 aromatic heterocycles. The van der Waals surface area contributed by atoms with Crippen LogP contribution in [0.15, 0.2) is 35.3 Å². The number of nitrogens with one attached hydrogen (secondary N) is 1. The van der Waals surface area contributed by atoms with Crippen LogP contribution in [0.5, 0.6) is 5.75 Å². The lowest BCUT2D eigenvalue weighted by molar-refractivity contribution is 0.369. The highest BCUT2D eigenvalue weighted by molar-refractivity contribution is 5.80. The Morgan fingerprint density at radius 3 is 2.57 bits per heavy atom. The summed E-state index contributed by atoms with van der Waals surface area (Å²) in [5, 5.41) is 18.0. The van der Waals surface area contributed by atoms with Gasteiger partial charge in [0.1, 0.15) is 5.75 Å². The summed E-state index contributed by atoms with van der Waals surface area (Å²) >= 11 is 0. The standard InChI is InChI=1S/C21H32N6O/c1-4-22-21(23-10-7-11-27-18(3)16-17(2)24-27)26-14-12-25(13-15-26)19-8-5-6-9-20(19)28/h5-6,8-9,16,28H,4,7,10-15H2,1-3H3,(H,22,23). The fourth-order valence-electron chi connectivity index (χ4n) is 3.62. The van der Waals surface area contributed by atoms with Crippen molar-refractivity contribution in [2.75, 3.05) is 44.2 Å². The number of anilines is 1. The first-order valence-electron chi connectivity index (χ1n) is 10.2. The number of para-hydroxylation sites is 2. The number of aryl methyl sites for hydroxylation is 3. The summed E-state index contributed by atoms with van der Waals surface area (Å²) in [5.74, 6) is 1.33. The molecule has 1 fully saturated rings. The molecule has 3 rings (SSSR count). The number of benzene rings is 1. The van der Waals surface area contributed by atoms with Crippen LogP contribution in [-0.4, -0.2) is 65.0 Å². The van der Waals surface area contributed by atoms with Gasteiger partial charge in [-0.2, -0.15) is 5.10 Å². The summed E-state index contributed by atoms with van der Waals surface area (Å²) < 4.78 is 2.06. The molecule has 1 aromatic carbocycles. The van der Waals surface area contributed by atoms with Crippen LogP contribution in [0.25, 0.3) is 0 Å². The summed E-state index contributed by atoms with van der Waals surface area (Å²) in [6.07, 6.45) is 0.967. The minimum atomic E-state index is 0.348. The Kier molecular flexibility index (Phi) is 6.79. The summed E-state index contributed by atoms with van der Waals surface area (Å²) in [6.45, 7) is 12.3. The van der Waals surface area contributed by atoms with E-state index >= 15 is 0 Å². The van der Waals surface area contributed by atoms with Crippen LogP contribution in [0, 0.1) is 13.8 Å². The normalized spacial score (nSPS) is 15.2. The number of rotatable bonds is 6. The van der Waals surface area contributed by atoms with E-state index in [0.29, 0.717) is 5.75 Å². The molecular weight excluding hydrogens is 352 g/mol. The summed E-state index contributed by atoms with van der Waals surface area (Å²) in [6, 6.07) is 9.66. The maximum absolute atomic E-state index is 10.1. The minimum Gasteiger partial charge on any atom is -0.506 e.